The zero-order chi connectivity index (χ0) is 13.5. The molecule has 0 unspecified atom stereocenters. The van der Waals surface area contributed by atoms with Gasteiger partial charge in [-0.1, -0.05) is 13.0 Å². The number of aromatic nitrogens is 1. The van der Waals surface area contributed by atoms with Gasteiger partial charge in [0.25, 0.3) is 5.91 Å². The molecule has 0 aliphatic rings. The third-order valence-electron chi connectivity index (χ3n) is 2.48. The summed E-state index contributed by atoms with van der Waals surface area (Å²) in [5, 5.41) is 8.79. The van der Waals surface area contributed by atoms with Crippen molar-refractivity contribution in [1.29, 1.82) is 0 Å². The van der Waals surface area contributed by atoms with Crippen LogP contribution < -0.4 is 0 Å². The zero-order valence-corrected chi connectivity index (χ0v) is 10.5. The van der Waals surface area contributed by atoms with Crippen LogP contribution in [-0.4, -0.2) is 39.5 Å². The fourth-order valence-electron chi connectivity index (χ4n) is 1.74. The number of carbonyl (C=O) groups is 2. The van der Waals surface area contributed by atoms with Crippen LogP contribution in [0.2, 0.25) is 0 Å². The fourth-order valence-corrected chi connectivity index (χ4v) is 1.74. The van der Waals surface area contributed by atoms with Crippen LogP contribution in [0.15, 0.2) is 31.0 Å². The number of carboxylic acids is 1. The van der Waals surface area contributed by atoms with Crippen molar-refractivity contribution in [2.75, 3.05) is 13.1 Å². The van der Waals surface area contributed by atoms with Crippen molar-refractivity contribution >= 4 is 11.9 Å². The fraction of sp³-hybridized carbons (Fsp3) is 0.385. The highest BCUT2D eigenvalue weighted by atomic mass is 16.4. The smallest absolute Gasteiger partial charge is 0.323 e. The Hall–Kier alpha value is -2.04. The van der Waals surface area contributed by atoms with Crippen molar-refractivity contribution in [3.05, 3.63) is 36.7 Å². The molecule has 5 nitrogen and oxygen atoms in total. The SMILES string of the molecule is C=CCN(CC(=O)O)C(=O)c1cccn1CCC. The van der Waals surface area contributed by atoms with E-state index in [0.717, 1.165) is 13.0 Å². The Bertz CT molecular complexity index is 437. The quantitative estimate of drug-likeness (QED) is 0.748. The lowest BCUT2D eigenvalue weighted by Crippen LogP contribution is -2.36. The van der Waals surface area contributed by atoms with Gasteiger partial charge < -0.3 is 14.6 Å². The maximum absolute atomic E-state index is 12.2. The molecule has 0 aliphatic carbocycles. The highest BCUT2D eigenvalue weighted by Gasteiger charge is 2.19. The molecular formula is C13H18N2O3. The summed E-state index contributed by atoms with van der Waals surface area (Å²) in [5.74, 6) is -1.31. The molecule has 1 aromatic rings. The third-order valence-corrected chi connectivity index (χ3v) is 2.48. The maximum Gasteiger partial charge on any atom is 0.323 e. The maximum atomic E-state index is 12.2. The molecule has 1 aromatic heterocycles. The number of amides is 1. The Balaban J connectivity index is 2.90. The van der Waals surface area contributed by atoms with E-state index in [4.69, 9.17) is 5.11 Å². The van der Waals surface area contributed by atoms with Crippen LogP contribution in [0.5, 0.6) is 0 Å². The number of nitrogens with zero attached hydrogens (tertiary/aromatic N) is 2. The molecule has 1 rings (SSSR count). The van der Waals surface area contributed by atoms with Gasteiger partial charge in [0, 0.05) is 19.3 Å². The van der Waals surface area contributed by atoms with E-state index < -0.39 is 5.97 Å². The van der Waals surface area contributed by atoms with Crippen LogP contribution in [-0.2, 0) is 11.3 Å². The average Bonchev–Trinajstić information content (AvgIpc) is 2.76. The van der Waals surface area contributed by atoms with Crippen molar-refractivity contribution in [3.63, 3.8) is 0 Å². The lowest BCUT2D eigenvalue weighted by Gasteiger charge is -2.19. The molecule has 0 atom stereocenters. The standard InChI is InChI=1S/C13H18N2O3/c1-3-7-14-9-5-6-11(14)13(18)15(8-4-2)10-12(16)17/h4-6,9H,2-3,7-8,10H2,1H3,(H,16,17). The molecule has 0 fully saturated rings. The lowest BCUT2D eigenvalue weighted by molar-refractivity contribution is -0.137. The number of aryl methyl sites for hydroxylation is 1. The van der Waals surface area contributed by atoms with Gasteiger partial charge in [-0.15, -0.1) is 6.58 Å². The predicted molar refractivity (Wildman–Crippen MR) is 68.5 cm³/mol. The Labute approximate surface area is 106 Å². The third kappa shape index (κ3) is 3.48. The first-order valence-electron chi connectivity index (χ1n) is 5.87. The van der Waals surface area contributed by atoms with Crippen LogP contribution in [0.3, 0.4) is 0 Å². The molecule has 0 radical (unpaired) electrons. The number of hydrogen-bond acceptors (Lipinski definition) is 2. The summed E-state index contributed by atoms with van der Waals surface area (Å²) in [6.45, 7) is 6.20. The molecular weight excluding hydrogens is 232 g/mol. The number of carboxylic acid groups (broad SMARTS) is 1. The van der Waals surface area contributed by atoms with Crippen LogP contribution >= 0.6 is 0 Å². The molecule has 0 aromatic carbocycles. The summed E-state index contributed by atoms with van der Waals surface area (Å²) >= 11 is 0. The van der Waals surface area contributed by atoms with Crippen molar-refractivity contribution in [3.8, 4) is 0 Å². The molecule has 0 aliphatic heterocycles. The molecule has 0 saturated heterocycles. The van der Waals surface area contributed by atoms with Crippen molar-refractivity contribution < 1.29 is 14.7 Å². The van der Waals surface area contributed by atoms with Gasteiger partial charge in [-0.3, -0.25) is 9.59 Å². The molecule has 18 heavy (non-hydrogen) atoms. The first kappa shape index (κ1) is 14.0. The first-order chi connectivity index (χ1) is 8.60. The van der Waals surface area contributed by atoms with E-state index in [2.05, 4.69) is 6.58 Å². The number of hydrogen-bond donors (Lipinski definition) is 1. The van der Waals surface area contributed by atoms with E-state index in [0.29, 0.717) is 5.69 Å². The minimum absolute atomic E-state index is 0.225. The second kappa shape index (κ2) is 6.64. The molecule has 0 spiro atoms. The molecule has 0 bridgehead atoms. The summed E-state index contributed by atoms with van der Waals surface area (Å²) in [5.41, 5.74) is 0.514. The molecule has 98 valence electrons. The van der Waals surface area contributed by atoms with E-state index in [1.54, 1.807) is 12.1 Å². The zero-order valence-electron chi connectivity index (χ0n) is 10.5. The van der Waals surface area contributed by atoms with Crippen LogP contribution in [0, 0.1) is 0 Å². The molecule has 1 amide bonds. The van der Waals surface area contributed by atoms with Gasteiger partial charge >= 0.3 is 5.97 Å². The van der Waals surface area contributed by atoms with E-state index >= 15 is 0 Å². The van der Waals surface area contributed by atoms with Crippen LogP contribution in [0.25, 0.3) is 0 Å². The van der Waals surface area contributed by atoms with E-state index in [1.165, 1.54) is 11.0 Å². The Kier molecular flexibility index (Phi) is 5.17. The lowest BCUT2D eigenvalue weighted by atomic mass is 10.3. The van der Waals surface area contributed by atoms with Gasteiger partial charge in [-0.05, 0) is 18.6 Å². The Morgan fingerprint density at radius 1 is 1.56 bits per heavy atom. The molecule has 1 N–H and O–H groups in total. The van der Waals surface area contributed by atoms with Gasteiger partial charge in [-0.2, -0.15) is 0 Å². The highest BCUT2D eigenvalue weighted by molar-refractivity contribution is 5.94. The van der Waals surface area contributed by atoms with Crippen molar-refractivity contribution in [2.24, 2.45) is 0 Å². The highest BCUT2D eigenvalue weighted by Crippen LogP contribution is 2.08. The van der Waals surface area contributed by atoms with Gasteiger partial charge in [0.05, 0.1) is 0 Å². The number of carbonyl (C=O) groups excluding carboxylic acids is 1. The average molecular weight is 250 g/mol. The van der Waals surface area contributed by atoms with Crippen molar-refractivity contribution in [2.45, 2.75) is 19.9 Å². The first-order valence-corrected chi connectivity index (χ1v) is 5.87. The summed E-state index contributed by atoms with van der Waals surface area (Å²) in [7, 11) is 0. The van der Waals surface area contributed by atoms with Gasteiger partial charge in [-0.25, -0.2) is 0 Å². The van der Waals surface area contributed by atoms with E-state index in [9.17, 15) is 9.59 Å². The van der Waals surface area contributed by atoms with Crippen LogP contribution in [0.1, 0.15) is 23.8 Å². The summed E-state index contributed by atoms with van der Waals surface area (Å²) in [6.07, 6.45) is 4.26. The number of rotatable bonds is 7. The van der Waals surface area contributed by atoms with E-state index in [1.807, 2.05) is 17.7 Å². The monoisotopic (exact) mass is 250 g/mol. The summed E-state index contributed by atoms with van der Waals surface area (Å²) in [4.78, 5) is 24.2. The number of aliphatic carboxylic acids is 1. The van der Waals surface area contributed by atoms with Gasteiger partial charge in [0.1, 0.15) is 12.2 Å². The van der Waals surface area contributed by atoms with E-state index in [-0.39, 0.29) is 19.0 Å². The van der Waals surface area contributed by atoms with Crippen LogP contribution in [0.4, 0.5) is 0 Å². The molecule has 0 saturated carbocycles. The minimum atomic E-state index is -1.03. The minimum Gasteiger partial charge on any atom is -0.480 e. The summed E-state index contributed by atoms with van der Waals surface area (Å²) in [6, 6.07) is 3.49. The second-order valence-electron chi connectivity index (χ2n) is 3.95. The normalized spacial score (nSPS) is 10.1. The van der Waals surface area contributed by atoms with Crippen molar-refractivity contribution in [1.82, 2.24) is 9.47 Å². The molecule has 1 heterocycles. The van der Waals surface area contributed by atoms with Gasteiger partial charge in [0.15, 0.2) is 0 Å². The Morgan fingerprint density at radius 2 is 2.28 bits per heavy atom. The second-order valence-corrected chi connectivity index (χ2v) is 3.95. The summed E-state index contributed by atoms with van der Waals surface area (Å²) < 4.78 is 1.83. The van der Waals surface area contributed by atoms with Gasteiger partial charge in [0.2, 0.25) is 0 Å². The largest absolute Gasteiger partial charge is 0.480 e. The molecule has 5 heteroatoms. The Morgan fingerprint density at radius 3 is 2.83 bits per heavy atom. The topological polar surface area (TPSA) is 62.5 Å². The predicted octanol–water partition coefficient (Wildman–Crippen LogP) is 1.61.